The molecule has 0 bridgehead atoms. The molecule has 0 fully saturated rings. The van der Waals surface area contributed by atoms with Crippen LogP contribution >= 0.6 is 11.6 Å². The molecule has 1 heterocycles. The molecule has 0 atom stereocenters. The van der Waals surface area contributed by atoms with E-state index in [0.717, 1.165) is 16.8 Å². The maximum atomic E-state index is 12.2. The zero-order chi connectivity index (χ0) is 17.0. The molecule has 2 aromatic rings. The number of aryl methyl sites for hydroxylation is 1. The minimum Gasteiger partial charge on any atom is -0.332 e. The molecule has 5 nitrogen and oxygen atoms in total. The van der Waals surface area contributed by atoms with Crippen molar-refractivity contribution in [2.75, 3.05) is 18.9 Å². The quantitative estimate of drug-likeness (QED) is 0.876. The Kier molecular flexibility index (Phi) is 5.34. The lowest BCUT2D eigenvalue weighted by atomic mass is 10.1. The van der Waals surface area contributed by atoms with Gasteiger partial charge in [0.15, 0.2) is 0 Å². The van der Waals surface area contributed by atoms with Gasteiger partial charge in [0, 0.05) is 18.9 Å². The van der Waals surface area contributed by atoms with Crippen molar-refractivity contribution in [3.63, 3.8) is 0 Å². The Labute approximate surface area is 140 Å². The highest BCUT2D eigenvalue weighted by molar-refractivity contribution is 6.29. The van der Waals surface area contributed by atoms with E-state index in [-0.39, 0.29) is 18.4 Å². The Bertz CT molecular complexity index is 729. The highest BCUT2D eigenvalue weighted by Gasteiger charge is 2.16. The molecular weight excluding hydrogens is 314 g/mol. The van der Waals surface area contributed by atoms with Crippen molar-refractivity contribution in [2.24, 2.45) is 0 Å². The van der Waals surface area contributed by atoms with Gasteiger partial charge in [-0.25, -0.2) is 4.98 Å². The molecule has 6 heteroatoms. The van der Waals surface area contributed by atoms with Gasteiger partial charge in [0.1, 0.15) is 5.15 Å². The highest BCUT2D eigenvalue weighted by Crippen LogP contribution is 2.17. The third-order valence-corrected chi connectivity index (χ3v) is 3.80. The van der Waals surface area contributed by atoms with Crippen LogP contribution in [-0.2, 0) is 4.79 Å². The lowest BCUT2D eigenvalue weighted by Crippen LogP contribution is -2.35. The van der Waals surface area contributed by atoms with Crippen LogP contribution in [0.2, 0.25) is 5.15 Å². The molecule has 0 aliphatic carbocycles. The number of benzene rings is 1. The van der Waals surface area contributed by atoms with E-state index in [1.54, 1.807) is 19.2 Å². The van der Waals surface area contributed by atoms with E-state index in [0.29, 0.717) is 10.7 Å². The first-order valence-corrected chi connectivity index (χ1v) is 7.49. The maximum Gasteiger partial charge on any atom is 0.255 e. The summed E-state index contributed by atoms with van der Waals surface area (Å²) >= 11 is 5.70. The third kappa shape index (κ3) is 4.29. The fourth-order valence-corrected chi connectivity index (χ4v) is 2.20. The van der Waals surface area contributed by atoms with Crippen molar-refractivity contribution in [2.45, 2.75) is 13.8 Å². The summed E-state index contributed by atoms with van der Waals surface area (Å²) < 4.78 is 0. The molecule has 2 amide bonds. The van der Waals surface area contributed by atoms with Crippen LogP contribution in [-0.4, -0.2) is 35.3 Å². The number of aromatic nitrogens is 1. The van der Waals surface area contributed by atoms with E-state index in [1.165, 1.54) is 11.1 Å². The van der Waals surface area contributed by atoms with E-state index in [1.807, 2.05) is 32.0 Å². The molecule has 120 valence electrons. The number of carbonyl (C=O) groups excluding carboxylic acids is 2. The number of likely N-dealkylation sites (N-methyl/N-ethyl adjacent to an activating group) is 1. The van der Waals surface area contributed by atoms with Crippen LogP contribution < -0.4 is 5.32 Å². The molecule has 1 aromatic carbocycles. The summed E-state index contributed by atoms with van der Waals surface area (Å²) in [5.74, 6) is -0.540. The monoisotopic (exact) mass is 331 g/mol. The Balaban J connectivity index is 2.00. The number of pyridine rings is 1. The average Bonchev–Trinajstić information content (AvgIpc) is 2.52. The van der Waals surface area contributed by atoms with E-state index in [2.05, 4.69) is 10.3 Å². The number of hydrogen-bond acceptors (Lipinski definition) is 3. The predicted octanol–water partition coefficient (Wildman–Crippen LogP) is 3.06. The molecule has 23 heavy (non-hydrogen) atoms. The second-order valence-corrected chi connectivity index (χ2v) is 5.71. The smallest absolute Gasteiger partial charge is 0.255 e. The summed E-state index contributed by atoms with van der Waals surface area (Å²) in [6, 6.07) is 8.82. The van der Waals surface area contributed by atoms with Crippen molar-refractivity contribution < 1.29 is 9.59 Å². The fraction of sp³-hybridized carbons (Fsp3) is 0.235. The number of nitrogens with zero attached hydrogens (tertiary/aromatic N) is 2. The Hall–Kier alpha value is -2.40. The summed E-state index contributed by atoms with van der Waals surface area (Å²) in [6.45, 7) is 3.88. The standard InChI is InChI=1S/C17H18ClN3O2/c1-11-5-4-6-14(12(11)2)20-16(22)10-21(3)17(23)13-7-8-15(18)19-9-13/h4-9H,10H2,1-3H3,(H,20,22). The van der Waals surface area contributed by atoms with Crippen LogP contribution in [0, 0.1) is 13.8 Å². The molecule has 0 saturated carbocycles. The fourth-order valence-electron chi connectivity index (χ4n) is 2.09. The summed E-state index contributed by atoms with van der Waals surface area (Å²) in [6.07, 6.45) is 1.39. The lowest BCUT2D eigenvalue weighted by Gasteiger charge is -2.17. The van der Waals surface area contributed by atoms with E-state index in [9.17, 15) is 9.59 Å². The predicted molar refractivity (Wildman–Crippen MR) is 90.8 cm³/mol. The third-order valence-electron chi connectivity index (χ3n) is 3.58. The first-order valence-electron chi connectivity index (χ1n) is 7.11. The van der Waals surface area contributed by atoms with Crippen LogP contribution in [0.15, 0.2) is 36.5 Å². The first kappa shape index (κ1) is 17.0. The first-order chi connectivity index (χ1) is 10.9. The number of amides is 2. The van der Waals surface area contributed by atoms with Gasteiger partial charge in [-0.05, 0) is 43.2 Å². The number of halogens is 1. The van der Waals surface area contributed by atoms with Crippen LogP contribution in [0.4, 0.5) is 5.69 Å². The SMILES string of the molecule is Cc1cccc(NC(=O)CN(C)C(=O)c2ccc(Cl)nc2)c1C. The summed E-state index contributed by atoms with van der Waals surface area (Å²) in [4.78, 5) is 29.6. The minimum absolute atomic E-state index is 0.0468. The number of carbonyl (C=O) groups is 2. The van der Waals surface area contributed by atoms with Gasteiger partial charge in [0.05, 0.1) is 12.1 Å². The van der Waals surface area contributed by atoms with E-state index < -0.39 is 0 Å². The Morgan fingerprint density at radius 2 is 1.96 bits per heavy atom. The lowest BCUT2D eigenvalue weighted by molar-refractivity contribution is -0.116. The van der Waals surface area contributed by atoms with Gasteiger partial charge >= 0.3 is 0 Å². The molecule has 0 aliphatic rings. The second-order valence-electron chi connectivity index (χ2n) is 5.33. The molecule has 0 radical (unpaired) electrons. The molecule has 0 saturated heterocycles. The van der Waals surface area contributed by atoms with E-state index in [4.69, 9.17) is 11.6 Å². The zero-order valence-corrected chi connectivity index (χ0v) is 14.0. The van der Waals surface area contributed by atoms with Gasteiger partial charge < -0.3 is 10.2 Å². The molecule has 0 unspecified atom stereocenters. The molecule has 1 N–H and O–H groups in total. The van der Waals surface area contributed by atoms with Crippen molar-refractivity contribution in [1.29, 1.82) is 0 Å². The van der Waals surface area contributed by atoms with Gasteiger partial charge in [0.25, 0.3) is 5.91 Å². The largest absolute Gasteiger partial charge is 0.332 e. The topological polar surface area (TPSA) is 62.3 Å². The molecule has 0 aliphatic heterocycles. The van der Waals surface area contributed by atoms with Gasteiger partial charge in [0.2, 0.25) is 5.91 Å². The van der Waals surface area contributed by atoms with Crippen LogP contribution in [0.1, 0.15) is 21.5 Å². The molecule has 2 rings (SSSR count). The molecule has 1 aromatic heterocycles. The van der Waals surface area contributed by atoms with Gasteiger partial charge in [-0.3, -0.25) is 9.59 Å². The number of hydrogen-bond donors (Lipinski definition) is 1. The normalized spacial score (nSPS) is 10.3. The van der Waals surface area contributed by atoms with Crippen molar-refractivity contribution in [3.05, 3.63) is 58.4 Å². The molecular formula is C17H18ClN3O2. The van der Waals surface area contributed by atoms with Crippen LogP contribution in [0.5, 0.6) is 0 Å². The van der Waals surface area contributed by atoms with E-state index >= 15 is 0 Å². The van der Waals surface area contributed by atoms with Gasteiger partial charge in [-0.1, -0.05) is 23.7 Å². The summed E-state index contributed by atoms with van der Waals surface area (Å²) in [5.41, 5.74) is 3.25. The number of anilines is 1. The summed E-state index contributed by atoms with van der Waals surface area (Å²) in [5, 5.41) is 3.14. The number of nitrogens with one attached hydrogen (secondary N) is 1. The number of rotatable bonds is 4. The van der Waals surface area contributed by atoms with Crippen molar-refractivity contribution >= 4 is 29.1 Å². The Morgan fingerprint density at radius 3 is 2.61 bits per heavy atom. The van der Waals surface area contributed by atoms with Crippen molar-refractivity contribution in [1.82, 2.24) is 9.88 Å². The Morgan fingerprint density at radius 1 is 1.22 bits per heavy atom. The van der Waals surface area contributed by atoms with Crippen molar-refractivity contribution in [3.8, 4) is 0 Å². The van der Waals surface area contributed by atoms with Gasteiger partial charge in [-0.2, -0.15) is 0 Å². The zero-order valence-electron chi connectivity index (χ0n) is 13.3. The minimum atomic E-state index is -0.287. The van der Waals surface area contributed by atoms with Crippen LogP contribution in [0.3, 0.4) is 0 Å². The summed E-state index contributed by atoms with van der Waals surface area (Å²) in [7, 11) is 1.57. The average molecular weight is 332 g/mol. The van der Waals surface area contributed by atoms with Crippen LogP contribution in [0.25, 0.3) is 0 Å². The molecule has 0 spiro atoms. The highest BCUT2D eigenvalue weighted by atomic mass is 35.5. The second kappa shape index (κ2) is 7.24. The maximum absolute atomic E-state index is 12.2. The van der Waals surface area contributed by atoms with Gasteiger partial charge in [-0.15, -0.1) is 0 Å².